The maximum Gasteiger partial charge on any atom is 2.00 e. The van der Waals surface area contributed by atoms with E-state index in [0.29, 0.717) is 22.7 Å². The zero-order valence-corrected chi connectivity index (χ0v) is 22.7. The molecule has 2 rings (SSSR count). The number of aryl methyl sites for hydroxylation is 2. The maximum absolute atomic E-state index is 2.37. The smallest absolute Gasteiger partial charge is 0.210 e. The standard InChI is InChI=1S/2C13H21.Zn/c2*1-6-13(5,10(2)3)12-8-7-11(4)9-12;/h2*7-10H,6H2,1-5H3;/q2*-1;+2. The molecule has 1 heteroatoms. The van der Waals surface area contributed by atoms with Gasteiger partial charge in [0.1, 0.15) is 0 Å². The Kier molecular flexibility index (Phi) is 10.5. The first-order valence-electron chi connectivity index (χ1n) is 10.5. The number of hydrogen-bond acceptors (Lipinski definition) is 0. The summed E-state index contributed by atoms with van der Waals surface area (Å²) in [5.74, 6) is 1.42. The zero-order chi connectivity index (χ0) is 20.1. The van der Waals surface area contributed by atoms with Crippen molar-refractivity contribution in [3.63, 3.8) is 0 Å². The third-order valence-electron chi connectivity index (χ3n) is 7.15. The first kappa shape index (κ1) is 26.3. The van der Waals surface area contributed by atoms with Gasteiger partial charge in [-0.25, -0.2) is 12.1 Å². The van der Waals surface area contributed by atoms with Gasteiger partial charge in [-0.15, -0.1) is 0 Å². The Morgan fingerprint density at radius 3 is 1.19 bits per heavy atom. The fraction of sp³-hybridized carbons (Fsp3) is 0.615. The van der Waals surface area contributed by atoms with Gasteiger partial charge in [0.05, 0.1) is 0 Å². The van der Waals surface area contributed by atoms with Crippen molar-refractivity contribution in [2.75, 3.05) is 0 Å². The average Bonchev–Trinajstić information content (AvgIpc) is 3.22. The van der Waals surface area contributed by atoms with Gasteiger partial charge >= 0.3 is 19.5 Å². The van der Waals surface area contributed by atoms with E-state index >= 15 is 0 Å². The fourth-order valence-electron chi connectivity index (χ4n) is 3.73. The van der Waals surface area contributed by atoms with Crippen molar-refractivity contribution in [2.24, 2.45) is 11.8 Å². The van der Waals surface area contributed by atoms with Crippen molar-refractivity contribution in [1.29, 1.82) is 0 Å². The maximum atomic E-state index is 2.37. The molecule has 0 radical (unpaired) electrons. The molecule has 0 fully saturated rings. The summed E-state index contributed by atoms with van der Waals surface area (Å²) in [6.07, 6.45) is 2.43. The van der Waals surface area contributed by atoms with Crippen molar-refractivity contribution in [3.05, 3.63) is 58.7 Å². The second-order valence-corrected chi connectivity index (χ2v) is 9.21. The Hall–Kier alpha value is -0.677. The summed E-state index contributed by atoms with van der Waals surface area (Å²) >= 11 is 0. The predicted octanol–water partition coefficient (Wildman–Crippen LogP) is 8.07. The van der Waals surface area contributed by atoms with E-state index in [1.54, 1.807) is 0 Å². The van der Waals surface area contributed by atoms with Gasteiger partial charge in [0.2, 0.25) is 0 Å². The largest absolute Gasteiger partial charge is 2.00 e. The average molecular weight is 420 g/mol. The van der Waals surface area contributed by atoms with Gasteiger partial charge in [-0.2, -0.15) is 46.5 Å². The molecule has 0 aliphatic carbocycles. The summed E-state index contributed by atoms with van der Waals surface area (Å²) < 4.78 is 0. The van der Waals surface area contributed by atoms with E-state index in [1.165, 1.54) is 35.1 Å². The van der Waals surface area contributed by atoms with Crippen LogP contribution in [0.4, 0.5) is 0 Å². The Balaban J connectivity index is 0.000000483. The van der Waals surface area contributed by atoms with Gasteiger partial charge < -0.3 is 0 Å². The van der Waals surface area contributed by atoms with Gasteiger partial charge in [0.25, 0.3) is 0 Å². The second kappa shape index (κ2) is 10.8. The molecule has 2 unspecified atom stereocenters. The van der Waals surface area contributed by atoms with Gasteiger partial charge in [-0.05, 0) is 11.8 Å². The zero-order valence-electron chi connectivity index (χ0n) is 19.7. The molecule has 0 aromatic heterocycles. The summed E-state index contributed by atoms with van der Waals surface area (Å²) in [7, 11) is 0. The minimum atomic E-state index is 0. The quantitative estimate of drug-likeness (QED) is 0.328. The molecule has 0 saturated heterocycles. The minimum Gasteiger partial charge on any atom is -0.210 e. The third-order valence-corrected chi connectivity index (χ3v) is 7.15. The van der Waals surface area contributed by atoms with Gasteiger partial charge in [-0.3, -0.25) is 0 Å². The summed E-state index contributed by atoms with van der Waals surface area (Å²) in [4.78, 5) is 0. The Labute approximate surface area is 182 Å². The van der Waals surface area contributed by atoms with Gasteiger partial charge in [-0.1, -0.05) is 92.9 Å². The molecule has 148 valence electrons. The van der Waals surface area contributed by atoms with E-state index in [4.69, 9.17) is 0 Å². The molecule has 0 heterocycles. The molecular formula is C26H42Zn. The molecule has 2 atom stereocenters. The topological polar surface area (TPSA) is 0 Å². The molecule has 0 aliphatic rings. The molecule has 0 amide bonds. The Bertz CT molecular complexity index is 599. The van der Waals surface area contributed by atoms with Crippen LogP contribution in [0.3, 0.4) is 0 Å². The Morgan fingerprint density at radius 1 is 0.741 bits per heavy atom. The molecule has 2 aromatic rings. The van der Waals surface area contributed by atoms with E-state index in [2.05, 4.69) is 106 Å². The third kappa shape index (κ3) is 6.15. The van der Waals surface area contributed by atoms with Crippen LogP contribution in [-0.4, -0.2) is 0 Å². The second-order valence-electron chi connectivity index (χ2n) is 9.21. The monoisotopic (exact) mass is 418 g/mol. The molecule has 0 spiro atoms. The minimum absolute atomic E-state index is 0. The van der Waals surface area contributed by atoms with Crippen LogP contribution in [0.1, 0.15) is 90.5 Å². The van der Waals surface area contributed by atoms with Gasteiger partial charge in [0, 0.05) is 0 Å². The molecule has 0 bridgehead atoms. The SMILES string of the molecule is CCC(C)(c1cc[c-](C)c1)C(C)C.CCC(C)(c1cc[c-](C)c1)C(C)C.[Zn+2]. The summed E-state index contributed by atoms with van der Waals surface area (Å²) in [6, 6.07) is 13.6. The van der Waals surface area contributed by atoms with E-state index in [0.717, 1.165) is 0 Å². The van der Waals surface area contributed by atoms with Crippen LogP contribution in [0.15, 0.2) is 36.4 Å². The fourth-order valence-corrected chi connectivity index (χ4v) is 3.73. The summed E-state index contributed by atoms with van der Waals surface area (Å²) in [5.41, 5.74) is 6.48. The van der Waals surface area contributed by atoms with Crippen molar-refractivity contribution in [2.45, 2.75) is 92.9 Å². The molecule has 2 aromatic carbocycles. The van der Waals surface area contributed by atoms with Crippen LogP contribution in [-0.2, 0) is 30.3 Å². The molecular weight excluding hydrogens is 378 g/mol. The Morgan fingerprint density at radius 2 is 1.04 bits per heavy atom. The number of rotatable bonds is 6. The van der Waals surface area contributed by atoms with Crippen molar-refractivity contribution in [1.82, 2.24) is 0 Å². The van der Waals surface area contributed by atoms with Crippen LogP contribution in [0.5, 0.6) is 0 Å². The van der Waals surface area contributed by atoms with E-state index in [1.807, 2.05) is 0 Å². The number of hydrogen-bond donors (Lipinski definition) is 0. The van der Waals surface area contributed by atoms with Crippen molar-refractivity contribution in [3.8, 4) is 0 Å². The normalized spacial score (nSPS) is 15.6. The van der Waals surface area contributed by atoms with Crippen molar-refractivity contribution >= 4 is 0 Å². The van der Waals surface area contributed by atoms with Crippen LogP contribution in [0, 0.1) is 25.7 Å². The van der Waals surface area contributed by atoms with Crippen LogP contribution < -0.4 is 0 Å². The van der Waals surface area contributed by atoms with E-state index in [9.17, 15) is 0 Å². The van der Waals surface area contributed by atoms with Crippen LogP contribution in [0.25, 0.3) is 0 Å². The molecule has 0 N–H and O–H groups in total. The molecule has 27 heavy (non-hydrogen) atoms. The molecule has 0 saturated carbocycles. The van der Waals surface area contributed by atoms with Gasteiger partial charge in [0.15, 0.2) is 0 Å². The first-order chi connectivity index (χ1) is 12.0. The summed E-state index contributed by atoms with van der Waals surface area (Å²) in [5, 5.41) is 0. The molecule has 0 nitrogen and oxygen atoms in total. The molecule has 0 aliphatic heterocycles. The predicted molar refractivity (Wildman–Crippen MR) is 119 cm³/mol. The summed E-state index contributed by atoms with van der Waals surface area (Å²) in [6.45, 7) is 22.9. The van der Waals surface area contributed by atoms with Crippen LogP contribution in [0.2, 0.25) is 0 Å². The van der Waals surface area contributed by atoms with E-state index in [-0.39, 0.29) is 19.5 Å². The first-order valence-corrected chi connectivity index (χ1v) is 10.5. The van der Waals surface area contributed by atoms with Crippen molar-refractivity contribution < 1.29 is 19.5 Å². The van der Waals surface area contributed by atoms with E-state index < -0.39 is 0 Å². The van der Waals surface area contributed by atoms with Crippen LogP contribution >= 0.6 is 0 Å².